The van der Waals surface area contributed by atoms with Crippen LogP contribution in [0.5, 0.6) is 11.5 Å². The van der Waals surface area contributed by atoms with Gasteiger partial charge in [0.25, 0.3) is 5.79 Å². The van der Waals surface area contributed by atoms with Gasteiger partial charge in [-0.2, -0.15) is 0 Å². The van der Waals surface area contributed by atoms with Gasteiger partial charge < -0.3 is 59.3 Å². The number of hydrogen-bond donors (Lipinski definition) is 7. The molecule has 7 aliphatic rings. The van der Waals surface area contributed by atoms with Gasteiger partial charge in [0.1, 0.15) is 23.4 Å². The molecule has 2 saturated carbocycles. The maximum atomic E-state index is 13.6. The van der Waals surface area contributed by atoms with Crippen LogP contribution < -0.4 is 14.8 Å². The van der Waals surface area contributed by atoms with E-state index in [9.17, 15) is 35.4 Å². The van der Waals surface area contributed by atoms with Crippen molar-refractivity contribution in [3.63, 3.8) is 0 Å². The smallest absolute Gasteiger partial charge is 0.306 e. The number of esters is 1. The molecule has 5 heterocycles. The van der Waals surface area contributed by atoms with Gasteiger partial charge in [0.05, 0.1) is 30.8 Å². The molecular weight excluding hydrogens is 751 g/mol. The monoisotopic (exact) mass is 801 g/mol. The van der Waals surface area contributed by atoms with Crippen LogP contribution >= 0.6 is 21.6 Å². The summed E-state index contributed by atoms with van der Waals surface area (Å²) in [6.07, 6.45) is 7.99. The molecule has 300 valence electrons. The van der Waals surface area contributed by atoms with E-state index in [1.54, 1.807) is 42.0 Å². The molecule has 11 unspecified atom stereocenters. The summed E-state index contributed by atoms with van der Waals surface area (Å²) in [5.41, 5.74) is -4.97. The van der Waals surface area contributed by atoms with Crippen LogP contribution in [0, 0.1) is 17.8 Å². The number of hydrogen-bond acceptors (Lipinski definition) is 15. The fraction of sp³-hybridized carbons (Fsp3) is 0.675. The van der Waals surface area contributed by atoms with E-state index in [1.165, 1.54) is 17.1 Å². The Balaban J connectivity index is 1.32. The molecule has 1 aromatic heterocycles. The van der Waals surface area contributed by atoms with E-state index in [2.05, 4.69) is 5.32 Å². The van der Waals surface area contributed by atoms with E-state index >= 15 is 0 Å². The lowest BCUT2D eigenvalue weighted by Gasteiger charge is -2.72. The van der Waals surface area contributed by atoms with E-state index in [0.717, 1.165) is 31.3 Å². The van der Waals surface area contributed by atoms with Gasteiger partial charge in [0, 0.05) is 48.1 Å². The first-order valence-corrected chi connectivity index (χ1v) is 21.9. The molecule has 13 nitrogen and oxygen atoms in total. The molecule has 1 aromatic carbocycles. The largest absolute Gasteiger partial charge is 0.482 e. The number of allylic oxidation sites excluding steroid dienone is 1. The Morgan fingerprint density at radius 1 is 1.13 bits per heavy atom. The number of ether oxygens (including phenoxy) is 4. The van der Waals surface area contributed by atoms with Gasteiger partial charge in [-0.05, 0) is 75.1 Å². The summed E-state index contributed by atoms with van der Waals surface area (Å²) >= 11 is 0. The summed E-state index contributed by atoms with van der Waals surface area (Å²) in [5, 5.41) is 77.0. The average Bonchev–Trinajstić information content (AvgIpc) is 3.84. The first-order chi connectivity index (χ1) is 26.5. The second-order valence-electron chi connectivity index (χ2n) is 16.6. The zero-order chi connectivity index (χ0) is 38.4. The van der Waals surface area contributed by atoms with Gasteiger partial charge in [0.15, 0.2) is 16.9 Å². The normalized spacial score (nSPS) is 41.4. The first kappa shape index (κ1) is 38.2. The minimum Gasteiger partial charge on any atom is -0.482 e. The summed E-state index contributed by atoms with van der Waals surface area (Å²) in [7, 11) is 3.26. The molecule has 4 aliphatic heterocycles. The second-order valence-corrected chi connectivity index (χ2v) is 19.4. The maximum absolute atomic E-state index is 13.6. The van der Waals surface area contributed by atoms with Crippen LogP contribution in [0.3, 0.4) is 0 Å². The Morgan fingerprint density at radius 3 is 2.71 bits per heavy atom. The number of furan rings is 1. The number of aryl methyl sites for hydroxylation is 1. The van der Waals surface area contributed by atoms with Gasteiger partial charge in [-0.3, -0.25) is 4.79 Å². The molecule has 11 atom stereocenters. The lowest BCUT2D eigenvalue weighted by Crippen LogP contribution is -2.91. The van der Waals surface area contributed by atoms with E-state index in [4.69, 9.17) is 23.4 Å². The maximum Gasteiger partial charge on any atom is 0.306 e. The van der Waals surface area contributed by atoms with Crippen molar-refractivity contribution in [2.45, 2.75) is 116 Å². The highest BCUT2D eigenvalue weighted by Gasteiger charge is 2.84. The summed E-state index contributed by atoms with van der Waals surface area (Å²) in [4.78, 5) is 12.8. The molecule has 9 rings (SSSR count). The number of rotatable bonds is 6. The van der Waals surface area contributed by atoms with Gasteiger partial charge in [-0.15, -0.1) is 0 Å². The van der Waals surface area contributed by atoms with Gasteiger partial charge in [-0.1, -0.05) is 52.2 Å². The van der Waals surface area contributed by atoms with Crippen LogP contribution in [0.15, 0.2) is 46.6 Å². The second kappa shape index (κ2) is 13.9. The van der Waals surface area contributed by atoms with Crippen LogP contribution in [0.4, 0.5) is 0 Å². The predicted molar refractivity (Wildman–Crippen MR) is 203 cm³/mol. The van der Waals surface area contributed by atoms with Crippen molar-refractivity contribution in [3.8, 4) is 11.5 Å². The summed E-state index contributed by atoms with van der Waals surface area (Å²) in [6, 6.07) is 3.61. The highest BCUT2D eigenvalue weighted by atomic mass is 33.1. The Kier molecular flexibility index (Phi) is 9.67. The van der Waals surface area contributed by atoms with Crippen LogP contribution in [0.2, 0.25) is 0 Å². The van der Waals surface area contributed by atoms with Crippen LogP contribution in [-0.2, 0) is 20.7 Å². The Labute approximate surface area is 327 Å². The molecule has 2 spiro atoms. The molecule has 2 saturated heterocycles. The van der Waals surface area contributed by atoms with Crippen LogP contribution in [0.1, 0.15) is 63.9 Å². The fourth-order valence-corrected chi connectivity index (χ4v) is 15.1. The SMILES string of the molecule is CCOC(=O)CCc1cc2ccoc2c2c1OC13C=C4CCC(CNCC5(CCCC5)SSC4C(CO)(O1)C1(O)CC4C=CC(O)C(CO)C4C3(O)C1O)O2. The van der Waals surface area contributed by atoms with Crippen molar-refractivity contribution < 1.29 is 58.8 Å². The molecule has 7 N–H and O–H groups in total. The van der Waals surface area contributed by atoms with Crippen molar-refractivity contribution in [3.05, 3.63) is 47.8 Å². The molecular formula is C40H51NO12S2. The highest BCUT2D eigenvalue weighted by Crippen LogP contribution is 2.68. The quantitative estimate of drug-likeness (QED) is 0.128. The van der Waals surface area contributed by atoms with Crippen molar-refractivity contribution >= 4 is 38.5 Å². The zero-order valence-electron chi connectivity index (χ0n) is 30.9. The zero-order valence-corrected chi connectivity index (χ0v) is 32.5. The molecule has 3 aliphatic carbocycles. The third-order valence-corrected chi connectivity index (χ3v) is 17.4. The van der Waals surface area contributed by atoms with Crippen molar-refractivity contribution in [1.82, 2.24) is 5.32 Å². The number of fused-ring (bicyclic) bond motifs is 12. The fourth-order valence-electron chi connectivity index (χ4n) is 10.9. The van der Waals surface area contributed by atoms with Crippen molar-refractivity contribution in [2.24, 2.45) is 17.8 Å². The average molecular weight is 802 g/mol. The number of carbonyl (C=O) groups is 1. The number of aliphatic hydroxyl groups is 6. The third-order valence-electron chi connectivity index (χ3n) is 13.6. The number of carbonyl (C=O) groups excluding carboxylic acids is 1. The minimum absolute atomic E-state index is 0.00750. The Bertz CT molecular complexity index is 1880. The van der Waals surface area contributed by atoms with Gasteiger partial charge >= 0.3 is 5.97 Å². The highest BCUT2D eigenvalue weighted by molar-refractivity contribution is 8.77. The molecule has 55 heavy (non-hydrogen) atoms. The minimum atomic E-state index is -2.51. The Morgan fingerprint density at radius 2 is 1.95 bits per heavy atom. The predicted octanol–water partition coefficient (Wildman–Crippen LogP) is 2.91. The molecule has 2 aromatic rings. The Hall–Kier alpha value is -2.31. The standard InChI is InChI=1S/C40H51NO12S2/c1-2-49-29(45)10-7-22-15-23-11-14-50-31(23)33-32(22)52-39-17-25-5-8-26(51-33)18-41-20-36(12-3-4-13-36)55-54-34(25)38(21-43,53-39)37(47)16-24-6-9-28(44)27(19-42)30(24)40(39,48)35(37)46/h6,9,11,14-15,17,24,26-28,30,34-35,41-44,46-48H,2-5,7-8,10,12-13,16,18-21H2,1H3. The first-order valence-electron chi connectivity index (χ1n) is 19.7. The van der Waals surface area contributed by atoms with Gasteiger partial charge in [-0.25, -0.2) is 0 Å². The third kappa shape index (κ3) is 5.55. The summed E-state index contributed by atoms with van der Waals surface area (Å²) in [5.74, 6) is -5.13. The molecule has 0 amide bonds. The molecule has 6 bridgehead atoms. The lowest BCUT2D eigenvalue weighted by atomic mass is 9.47. The van der Waals surface area contributed by atoms with E-state index < -0.39 is 83.1 Å². The number of benzene rings is 1. The molecule has 15 heteroatoms. The number of aliphatic hydroxyl groups excluding tert-OH is 4. The van der Waals surface area contributed by atoms with Crippen LogP contribution in [-0.4, -0.2) is 120 Å². The van der Waals surface area contributed by atoms with Crippen molar-refractivity contribution in [1.29, 1.82) is 0 Å². The molecule has 4 fully saturated rings. The summed E-state index contributed by atoms with van der Waals surface area (Å²) < 4.78 is 32.5. The van der Waals surface area contributed by atoms with E-state index in [0.29, 0.717) is 42.5 Å². The molecule has 0 radical (unpaired) electrons. The van der Waals surface area contributed by atoms with E-state index in [1.807, 2.05) is 6.07 Å². The van der Waals surface area contributed by atoms with Crippen LogP contribution in [0.25, 0.3) is 11.0 Å². The van der Waals surface area contributed by atoms with Gasteiger partial charge in [0.2, 0.25) is 5.75 Å². The topological polar surface area (TPSA) is 201 Å². The summed E-state index contributed by atoms with van der Waals surface area (Å²) in [6.45, 7) is 1.90. The number of nitrogens with one attached hydrogen (secondary N) is 1. The van der Waals surface area contributed by atoms with Crippen molar-refractivity contribution in [2.75, 3.05) is 32.9 Å². The van der Waals surface area contributed by atoms with E-state index in [-0.39, 0.29) is 42.1 Å². The lowest BCUT2D eigenvalue weighted by molar-refractivity contribution is -0.451.